The monoisotopic (exact) mass is 304 g/mol. The Hall–Kier alpha value is -1.33. The second-order valence-corrected chi connectivity index (χ2v) is 7.43. The van der Waals surface area contributed by atoms with Crippen LogP contribution in [0.4, 0.5) is 0 Å². The van der Waals surface area contributed by atoms with Crippen molar-refractivity contribution in [1.82, 2.24) is 20.5 Å². The lowest BCUT2D eigenvalue weighted by molar-refractivity contribution is 0.422. The van der Waals surface area contributed by atoms with Gasteiger partial charge in [0.15, 0.2) is 0 Å². The minimum absolute atomic E-state index is 0.178. The maximum absolute atomic E-state index is 4.49. The highest BCUT2D eigenvalue weighted by Crippen LogP contribution is 2.26. The molecule has 0 bridgehead atoms. The fraction of sp³-hybridized carbons (Fsp3) is 0.562. The Morgan fingerprint density at radius 1 is 1.14 bits per heavy atom. The van der Waals surface area contributed by atoms with Gasteiger partial charge in [-0.15, -0.1) is 10.2 Å². The minimum Gasteiger partial charge on any atom is -0.312 e. The number of pyridine rings is 1. The Balaban J connectivity index is 1.95. The molecule has 0 spiro atoms. The van der Waals surface area contributed by atoms with Gasteiger partial charge < -0.3 is 5.32 Å². The highest BCUT2D eigenvalue weighted by molar-refractivity contribution is 7.14. The van der Waals surface area contributed by atoms with Crippen LogP contribution in [0, 0.1) is 13.8 Å². The molecule has 0 aliphatic rings. The van der Waals surface area contributed by atoms with E-state index in [9.17, 15) is 0 Å². The molecular formula is C16H24N4S. The highest BCUT2D eigenvalue weighted by atomic mass is 32.1. The van der Waals surface area contributed by atoms with Crippen molar-refractivity contribution in [2.45, 2.75) is 53.0 Å². The van der Waals surface area contributed by atoms with E-state index in [2.05, 4.69) is 47.3 Å². The third-order valence-electron chi connectivity index (χ3n) is 3.15. The molecule has 2 heterocycles. The summed E-state index contributed by atoms with van der Waals surface area (Å²) in [5, 5.41) is 14.2. The van der Waals surface area contributed by atoms with E-state index in [1.54, 1.807) is 11.3 Å². The minimum atomic E-state index is 0.178. The van der Waals surface area contributed by atoms with Gasteiger partial charge in [-0.2, -0.15) is 0 Å². The zero-order chi connectivity index (χ0) is 15.5. The van der Waals surface area contributed by atoms with Crippen molar-refractivity contribution < 1.29 is 0 Å². The second kappa shape index (κ2) is 6.62. The number of rotatable bonds is 5. The van der Waals surface area contributed by atoms with Crippen LogP contribution in [0.3, 0.4) is 0 Å². The van der Waals surface area contributed by atoms with Gasteiger partial charge in [0.2, 0.25) is 0 Å². The van der Waals surface area contributed by atoms with E-state index in [1.165, 1.54) is 0 Å². The standard InChI is InChI=1S/C16H24N4S/c1-11-8-9-13(12(2)18-11)15-20-19-14(21-15)7-6-10-17-16(3,4)5/h8-9,17H,6-7,10H2,1-5H3. The fourth-order valence-corrected chi connectivity index (χ4v) is 3.04. The number of nitrogens with one attached hydrogen (secondary N) is 1. The van der Waals surface area contributed by atoms with E-state index in [0.29, 0.717) is 0 Å². The summed E-state index contributed by atoms with van der Waals surface area (Å²) in [6.07, 6.45) is 2.05. The summed E-state index contributed by atoms with van der Waals surface area (Å²) in [6, 6.07) is 4.11. The summed E-state index contributed by atoms with van der Waals surface area (Å²) in [7, 11) is 0. The van der Waals surface area contributed by atoms with Crippen molar-refractivity contribution in [3.8, 4) is 10.6 Å². The molecular weight excluding hydrogens is 280 g/mol. The zero-order valence-corrected chi connectivity index (χ0v) is 14.3. The molecule has 0 amide bonds. The molecule has 0 aliphatic heterocycles. The zero-order valence-electron chi connectivity index (χ0n) is 13.5. The van der Waals surface area contributed by atoms with E-state index in [0.717, 1.165) is 46.4 Å². The molecule has 0 atom stereocenters. The predicted molar refractivity (Wildman–Crippen MR) is 88.7 cm³/mol. The molecule has 0 aromatic carbocycles. The molecule has 2 aromatic rings. The van der Waals surface area contributed by atoms with Gasteiger partial charge >= 0.3 is 0 Å². The highest BCUT2D eigenvalue weighted by Gasteiger charge is 2.11. The summed E-state index contributed by atoms with van der Waals surface area (Å²) >= 11 is 1.67. The molecule has 5 heteroatoms. The Kier molecular flexibility index (Phi) is 5.06. The quantitative estimate of drug-likeness (QED) is 0.858. The van der Waals surface area contributed by atoms with Crippen molar-refractivity contribution in [2.75, 3.05) is 6.54 Å². The van der Waals surface area contributed by atoms with Crippen LogP contribution in [0.2, 0.25) is 0 Å². The van der Waals surface area contributed by atoms with Crippen molar-refractivity contribution in [3.05, 3.63) is 28.5 Å². The Bertz CT molecular complexity index is 599. The first kappa shape index (κ1) is 16.0. The Morgan fingerprint density at radius 3 is 2.57 bits per heavy atom. The molecule has 0 fully saturated rings. The van der Waals surface area contributed by atoms with Gasteiger partial charge in [0.05, 0.1) is 0 Å². The van der Waals surface area contributed by atoms with Crippen molar-refractivity contribution in [3.63, 3.8) is 0 Å². The SMILES string of the molecule is Cc1ccc(-c2nnc(CCCNC(C)(C)C)s2)c(C)n1. The number of nitrogens with zero attached hydrogens (tertiary/aromatic N) is 3. The molecule has 2 rings (SSSR count). The van der Waals surface area contributed by atoms with E-state index >= 15 is 0 Å². The van der Waals surface area contributed by atoms with Gasteiger partial charge in [0, 0.05) is 28.9 Å². The first-order valence-electron chi connectivity index (χ1n) is 7.37. The number of hydrogen-bond donors (Lipinski definition) is 1. The summed E-state index contributed by atoms with van der Waals surface area (Å²) in [5.74, 6) is 0. The normalized spacial score (nSPS) is 11.9. The molecule has 1 N–H and O–H groups in total. The van der Waals surface area contributed by atoms with Crippen molar-refractivity contribution in [1.29, 1.82) is 0 Å². The molecule has 114 valence electrons. The molecule has 2 aromatic heterocycles. The summed E-state index contributed by atoms with van der Waals surface area (Å²) < 4.78 is 0. The van der Waals surface area contributed by atoms with Crippen LogP contribution in [0.5, 0.6) is 0 Å². The third-order valence-corrected chi connectivity index (χ3v) is 4.16. The van der Waals surface area contributed by atoms with E-state index in [4.69, 9.17) is 0 Å². The lowest BCUT2D eigenvalue weighted by Crippen LogP contribution is -2.36. The molecule has 0 saturated heterocycles. The number of aryl methyl sites for hydroxylation is 3. The maximum Gasteiger partial charge on any atom is 0.149 e. The van der Waals surface area contributed by atoms with Gasteiger partial charge in [0.25, 0.3) is 0 Å². The van der Waals surface area contributed by atoms with E-state index in [1.807, 2.05) is 19.9 Å². The van der Waals surface area contributed by atoms with Crippen LogP contribution >= 0.6 is 11.3 Å². The van der Waals surface area contributed by atoms with Gasteiger partial charge in [-0.3, -0.25) is 4.98 Å². The van der Waals surface area contributed by atoms with Crippen LogP contribution in [0.15, 0.2) is 12.1 Å². The predicted octanol–water partition coefficient (Wildman–Crippen LogP) is 3.54. The maximum atomic E-state index is 4.49. The lowest BCUT2D eigenvalue weighted by Gasteiger charge is -2.20. The topological polar surface area (TPSA) is 50.7 Å². The molecule has 0 unspecified atom stereocenters. The van der Waals surface area contributed by atoms with Crippen LogP contribution in [-0.2, 0) is 6.42 Å². The van der Waals surface area contributed by atoms with Gasteiger partial charge in [-0.05, 0) is 59.7 Å². The molecule has 0 aliphatic carbocycles. The lowest BCUT2D eigenvalue weighted by atomic mass is 10.1. The molecule has 4 nitrogen and oxygen atoms in total. The van der Waals surface area contributed by atoms with Gasteiger partial charge in [-0.1, -0.05) is 11.3 Å². The van der Waals surface area contributed by atoms with Crippen LogP contribution in [0.25, 0.3) is 10.6 Å². The Morgan fingerprint density at radius 2 is 1.90 bits per heavy atom. The molecule has 0 radical (unpaired) electrons. The average Bonchev–Trinajstić information content (AvgIpc) is 2.82. The summed E-state index contributed by atoms with van der Waals surface area (Å²) in [4.78, 5) is 4.49. The van der Waals surface area contributed by atoms with E-state index < -0.39 is 0 Å². The van der Waals surface area contributed by atoms with Crippen LogP contribution in [-0.4, -0.2) is 27.3 Å². The molecule has 21 heavy (non-hydrogen) atoms. The third kappa shape index (κ3) is 4.86. The van der Waals surface area contributed by atoms with Gasteiger partial charge in [0.1, 0.15) is 10.0 Å². The van der Waals surface area contributed by atoms with Crippen molar-refractivity contribution >= 4 is 11.3 Å². The fourth-order valence-electron chi connectivity index (χ4n) is 2.08. The van der Waals surface area contributed by atoms with Gasteiger partial charge in [-0.25, -0.2) is 0 Å². The largest absolute Gasteiger partial charge is 0.312 e. The van der Waals surface area contributed by atoms with E-state index in [-0.39, 0.29) is 5.54 Å². The first-order chi connectivity index (χ1) is 9.85. The summed E-state index contributed by atoms with van der Waals surface area (Å²) in [5.41, 5.74) is 3.33. The number of aromatic nitrogens is 3. The summed E-state index contributed by atoms with van der Waals surface area (Å²) in [6.45, 7) is 11.6. The van der Waals surface area contributed by atoms with Crippen molar-refractivity contribution in [2.24, 2.45) is 0 Å². The Labute approximate surface area is 131 Å². The van der Waals surface area contributed by atoms with Crippen LogP contribution < -0.4 is 5.32 Å². The number of hydrogen-bond acceptors (Lipinski definition) is 5. The van der Waals surface area contributed by atoms with Crippen LogP contribution in [0.1, 0.15) is 43.6 Å². The second-order valence-electron chi connectivity index (χ2n) is 6.37. The smallest absolute Gasteiger partial charge is 0.149 e. The molecule has 0 saturated carbocycles. The average molecular weight is 304 g/mol. The first-order valence-corrected chi connectivity index (χ1v) is 8.19.